The van der Waals surface area contributed by atoms with Crippen molar-refractivity contribution in [3.05, 3.63) is 29.6 Å². The molecule has 1 unspecified atom stereocenters. The summed E-state index contributed by atoms with van der Waals surface area (Å²) in [6, 6.07) is 4.65. The highest BCUT2D eigenvalue weighted by molar-refractivity contribution is 7.98. The number of likely N-dealkylation sites (N-methyl/N-ethyl adjacent to an activating group) is 1. The molecule has 0 aliphatic heterocycles. The van der Waals surface area contributed by atoms with Gasteiger partial charge in [-0.3, -0.25) is 9.69 Å². The van der Waals surface area contributed by atoms with Gasteiger partial charge < -0.3 is 4.74 Å². The van der Waals surface area contributed by atoms with Crippen LogP contribution in [0.25, 0.3) is 0 Å². The number of hydrogen-bond acceptors (Lipinski definition) is 4. The summed E-state index contributed by atoms with van der Waals surface area (Å²) in [5.41, 5.74) is 0.382. The molecule has 0 N–H and O–H groups in total. The molecule has 1 aromatic carbocycles. The van der Waals surface area contributed by atoms with Crippen molar-refractivity contribution in [2.24, 2.45) is 0 Å². The van der Waals surface area contributed by atoms with E-state index in [1.54, 1.807) is 17.8 Å². The molecule has 20 heavy (non-hydrogen) atoms. The van der Waals surface area contributed by atoms with Crippen molar-refractivity contribution in [2.45, 2.75) is 19.4 Å². The normalized spacial score (nSPS) is 12.5. The molecular weight excluding hydrogens is 277 g/mol. The first-order valence-corrected chi connectivity index (χ1v) is 7.95. The van der Waals surface area contributed by atoms with Crippen LogP contribution in [-0.4, -0.2) is 49.4 Å². The van der Waals surface area contributed by atoms with Gasteiger partial charge in [0.25, 0.3) is 0 Å². The van der Waals surface area contributed by atoms with Gasteiger partial charge in [0.15, 0.2) is 17.3 Å². The van der Waals surface area contributed by atoms with Crippen molar-refractivity contribution in [1.82, 2.24) is 4.90 Å². The van der Waals surface area contributed by atoms with Crippen LogP contribution in [0.3, 0.4) is 0 Å². The van der Waals surface area contributed by atoms with Crippen molar-refractivity contribution >= 4 is 17.5 Å². The third-order valence-electron chi connectivity index (χ3n) is 3.36. The Balaban J connectivity index is 2.64. The third kappa shape index (κ3) is 4.80. The van der Waals surface area contributed by atoms with Crippen LogP contribution in [0, 0.1) is 5.82 Å². The second-order valence-corrected chi connectivity index (χ2v) is 5.80. The van der Waals surface area contributed by atoms with Gasteiger partial charge in [-0.2, -0.15) is 11.8 Å². The maximum absolute atomic E-state index is 13.6. The van der Waals surface area contributed by atoms with Gasteiger partial charge in [0.1, 0.15) is 0 Å². The number of ether oxygens (including phenoxy) is 1. The van der Waals surface area contributed by atoms with E-state index in [0.717, 1.165) is 12.2 Å². The van der Waals surface area contributed by atoms with Crippen molar-refractivity contribution < 1.29 is 13.9 Å². The number of halogens is 1. The number of ketones is 1. The van der Waals surface area contributed by atoms with Crippen LogP contribution < -0.4 is 4.74 Å². The first-order valence-electron chi connectivity index (χ1n) is 6.55. The minimum absolute atomic E-state index is 0.0787. The predicted molar refractivity (Wildman–Crippen MR) is 82.4 cm³/mol. The van der Waals surface area contributed by atoms with Gasteiger partial charge in [0.2, 0.25) is 0 Å². The number of carbonyl (C=O) groups is 1. The summed E-state index contributed by atoms with van der Waals surface area (Å²) in [4.78, 5) is 14.1. The molecule has 3 nitrogen and oxygen atoms in total. The van der Waals surface area contributed by atoms with Crippen LogP contribution in [0.15, 0.2) is 18.2 Å². The highest BCUT2D eigenvalue weighted by Crippen LogP contribution is 2.18. The summed E-state index contributed by atoms with van der Waals surface area (Å²) in [5.74, 6) is 0.640. The maximum atomic E-state index is 13.6. The van der Waals surface area contributed by atoms with Gasteiger partial charge in [0, 0.05) is 11.6 Å². The molecule has 0 radical (unpaired) electrons. The number of hydrogen-bond donors (Lipinski definition) is 0. The molecule has 1 rings (SSSR count). The van der Waals surface area contributed by atoms with E-state index in [2.05, 4.69) is 13.2 Å². The van der Waals surface area contributed by atoms with Crippen LogP contribution >= 0.6 is 11.8 Å². The summed E-state index contributed by atoms with van der Waals surface area (Å²) < 4.78 is 18.4. The molecule has 0 aliphatic carbocycles. The van der Waals surface area contributed by atoms with Crippen molar-refractivity contribution in [2.75, 3.05) is 32.7 Å². The van der Waals surface area contributed by atoms with Crippen LogP contribution in [0.4, 0.5) is 4.39 Å². The molecule has 0 spiro atoms. The van der Waals surface area contributed by atoms with Crippen molar-refractivity contribution in [1.29, 1.82) is 0 Å². The Morgan fingerprint density at radius 3 is 2.75 bits per heavy atom. The molecule has 0 heterocycles. The highest BCUT2D eigenvalue weighted by Gasteiger charge is 2.15. The summed E-state index contributed by atoms with van der Waals surface area (Å²) in [7, 11) is 3.32. The Morgan fingerprint density at radius 1 is 1.50 bits per heavy atom. The molecule has 1 atom stereocenters. The summed E-state index contributed by atoms with van der Waals surface area (Å²) in [6.07, 6.45) is 3.10. The molecule has 5 heteroatoms. The van der Waals surface area contributed by atoms with E-state index in [0.29, 0.717) is 18.2 Å². The number of Topliss-reactive ketones (excluding diaryl/α,β-unsaturated/α-hetero) is 1. The standard InChI is InChI=1S/C15H22FNO2S/c1-11(7-8-20-4)17(2)10-14(18)12-5-6-15(19-3)13(16)9-12/h5-6,9,11H,7-8,10H2,1-4H3. The molecule has 1 aromatic rings. The molecular formula is C15H22FNO2S. The quantitative estimate of drug-likeness (QED) is 0.690. The third-order valence-corrected chi connectivity index (χ3v) is 4.00. The van der Waals surface area contributed by atoms with Crippen molar-refractivity contribution in [3.63, 3.8) is 0 Å². The number of methoxy groups -OCH3 is 1. The van der Waals surface area contributed by atoms with Crippen LogP contribution in [0.5, 0.6) is 5.75 Å². The minimum Gasteiger partial charge on any atom is -0.494 e. The zero-order valence-electron chi connectivity index (χ0n) is 12.5. The van der Waals surface area contributed by atoms with E-state index < -0.39 is 5.82 Å². The van der Waals surface area contributed by atoms with Crippen LogP contribution in [0.1, 0.15) is 23.7 Å². The van der Waals surface area contributed by atoms with E-state index in [4.69, 9.17) is 4.74 Å². The lowest BCUT2D eigenvalue weighted by Crippen LogP contribution is -2.34. The van der Waals surface area contributed by atoms with E-state index >= 15 is 0 Å². The number of rotatable bonds is 8. The van der Waals surface area contributed by atoms with Gasteiger partial charge in [-0.05, 0) is 50.6 Å². The second-order valence-electron chi connectivity index (χ2n) is 4.82. The van der Waals surface area contributed by atoms with E-state index in [1.807, 2.05) is 11.9 Å². The summed E-state index contributed by atoms with van der Waals surface area (Å²) >= 11 is 1.79. The zero-order valence-corrected chi connectivity index (χ0v) is 13.3. The average molecular weight is 299 g/mol. The average Bonchev–Trinajstić information content (AvgIpc) is 2.44. The van der Waals surface area contributed by atoms with Crippen LogP contribution in [-0.2, 0) is 0 Å². The number of nitrogens with zero attached hydrogens (tertiary/aromatic N) is 1. The molecule has 0 fully saturated rings. The highest BCUT2D eigenvalue weighted by atomic mass is 32.2. The fourth-order valence-corrected chi connectivity index (χ4v) is 2.40. The second kappa shape index (κ2) is 8.27. The molecule has 112 valence electrons. The minimum atomic E-state index is -0.503. The summed E-state index contributed by atoms with van der Waals surface area (Å²) in [6.45, 7) is 2.39. The van der Waals surface area contributed by atoms with Crippen molar-refractivity contribution in [3.8, 4) is 5.75 Å². The fraction of sp³-hybridized carbons (Fsp3) is 0.533. The first-order chi connectivity index (χ1) is 9.49. The first kappa shape index (κ1) is 17.0. The largest absolute Gasteiger partial charge is 0.494 e. The van der Waals surface area contributed by atoms with Gasteiger partial charge in [-0.1, -0.05) is 0 Å². The molecule has 0 amide bonds. The molecule has 0 aliphatic rings. The van der Waals surface area contributed by atoms with Crippen LogP contribution in [0.2, 0.25) is 0 Å². The molecule has 0 saturated carbocycles. The van der Waals surface area contributed by atoms with E-state index in [1.165, 1.54) is 19.2 Å². The van der Waals surface area contributed by atoms with Gasteiger partial charge >= 0.3 is 0 Å². The smallest absolute Gasteiger partial charge is 0.176 e. The Kier molecular flexibility index (Phi) is 7.02. The fourth-order valence-electron chi connectivity index (χ4n) is 1.82. The summed E-state index contributed by atoms with van der Waals surface area (Å²) in [5, 5.41) is 0. The number of carbonyl (C=O) groups excluding carboxylic acids is 1. The van der Waals surface area contributed by atoms with Gasteiger partial charge in [0.05, 0.1) is 13.7 Å². The zero-order chi connectivity index (χ0) is 15.1. The van der Waals surface area contributed by atoms with E-state index in [-0.39, 0.29) is 11.5 Å². The Morgan fingerprint density at radius 2 is 2.20 bits per heavy atom. The molecule has 0 bridgehead atoms. The predicted octanol–water partition coefficient (Wildman–Crippen LogP) is 3.09. The lowest BCUT2D eigenvalue weighted by Gasteiger charge is -2.23. The Hall–Kier alpha value is -1.07. The van der Waals surface area contributed by atoms with E-state index in [9.17, 15) is 9.18 Å². The maximum Gasteiger partial charge on any atom is 0.176 e. The Bertz CT molecular complexity index is 453. The Labute approximate surface area is 124 Å². The lowest BCUT2D eigenvalue weighted by atomic mass is 10.1. The topological polar surface area (TPSA) is 29.5 Å². The molecule has 0 saturated heterocycles. The number of benzene rings is 1. The monoisotopic (exact) mass is 299 g/mol. The van der Waals surface area contributed by atoms with Gasteiger partial charge in [-0.15, -0.1) is 0 Å². The van der Waals surface area contributed by atoms with Gasteiger partial charge in [-0.25, -0.2) is 4.39 Å². The lowest BCUT2D eigenvalue weighted by molar-refractivity contribution is 0.0923. The number of thioether (sulfide) groups is 1. The SMILES string of the molecule is COc1ccc(C(=O)CN(C)C(C)CCSC)cc1F. The molecule has 0 aromatic heterocycles.